The van der Waals surface area contributed by atoms with Crippen molar-refractivity contribution in [3.05, 3.63) is 70.1 Å². The van der Waals surface area contributed by atoms with Crippen molar-refractivity contribution in [2.24, 2.45) is 4.99 Å². The fourth-order valence-corrected chi connectivity index (χ4v) is 3.33. The number of amides is 1. The highest BCUT2D eigenvalue weighted by molar-refractivity contribution is 8.18. The van der Waals surface area contributed by atoms with E-state index in [4.69, 9.17) is 0 Å². The number of aryl methyl sites for hydroxylation is 1. The first-order chi connectivity index (χ1) is 12.6. The van der Waals surface area contributed by atoms with Crippen molar-refractivity contribution >= 4 is 40.6 Å². The van der Waals surface area contributed by atoms with Crippen molar-refractivity contribution in [3.8, 4) is 0 Å². The summed E-state index contributed by atoms with van der Waals surface area (Å²) in [7, 11) is 1.34. The molecule has 1 fully saturated rings. The number of hydrogen-bond donors (Lipinski definition) is 1. The third-order valence-corrected chi connectivity index (χ3v) is 4.78. The van der Waals surface area contributed by atoms with E-state index >= 15 is 0 Å². The molecule has 1 saturated heterocycles. The first kappa shape index (κ1) is 17.9. The number of rotatable bonds is 4. The van der Waals surface area contributed by atoms with Crippen LogP contribution in [0.25, 0.3) is 6.08 Å². The van der Waals surface area contributed by atoms with E-state index in [0.717, 1.165) is 23.2 Å². The summed E-state index contributed by atoms with van der Waals surface area (Å²) in [6.45, 7) is 2.07. The molecule has 0 radical (unpaired) electrons. The Kier molecular flexibility index (Phi) is 5.53. The summed E-state index contributed by atoms with van der Waals surface area (Å²) in [4.78, 5) is 28.8. The molecule has 0 saturated carbocycles. The van der Waals surface area contributed by atoms with Gasteiger partial charge in [-0.3, -0.25) is 4.79 Å². The second-order valence-corrected chi connectivity index (χ2v) is 6.61. The van der Waals surface area contributed by atoms with Gasteiger partial charge in [-0.1, -0.05) is 37.3 Å². The Bertz CT molecular complexity index is 902. The van der Waals surface area contributed by atoms with Crippen molar-refractivity contribution in [3.63, 3.8) is 0 Å². The SMILES string of the molecule is CCc1ccccc1N=C1NC(=O)/C(=C/c2ccc(C(=O)OC)cc2)S1. The van der Waals surface area contributed by atoms with Gasteiger partial charge >= 0.3 is 5.97 Å². The molecule has 0 aromatic heterocycles. The second kappa shape index (κ2) is 8.01. The smallest absolute Gasteiger partial charge is 0.337 e. The van der Waals surface area contributed by atoms with Gasteiger partial charge in [-0.15, -0.1) is 0 Å². The lowest BCUT2D eigenvalue weighted by Gasteiger charge is -2.02. The Morgan fingerprint density at radius 3 is 2.62 bits per heavy atom. The molecule has 1 N–H and O–H groups in total. The third kappa shape index (κ3) is 4.03. The molecule has 1 amide bonds. The van der Waals surface area contributed by atoms with Crippen molar-refractivity contribution < 1.29 is 14.3 Å². The van der Waals surface area contributed by atoms with Crippen molar-refractivity contribution in [2.75, 3.05) is 7.11 Å². The second-order valence-electron chi connectivity index (χ2n) is 5.58. The maximum absolute atomic E-state index is 12.2. The molecule has 3 rings (SSSR count). The van der Waals surface area contributed by atoms with Crippen LogP contribution in [0.5, 0.6) is 0 Å². The number of para-hydroxylation sites is 1. The number of nitrogens with one attached hydrogen (secondary N) is 1. The zero-order chi connectivity index (χ0) is 18.5. The lowest BCUT2D eigenvalue weighted by atomic mass is 10.1. The molecule has 2 aromatic rings. The molecule has 0 unspecified atom stereocenters. The summed E-state index contributed by atoms with van der Waals surface area (Å²) < 4.78 is 4.68. The normalized spacial score (nSPS) is 16.8. The monoisotopic (exact) mass is 366 g/mol. The number of carbonyl (C=O) groups excluding carboxylic acids is 2. The van der Waals surface area contributed by atoms with E-state index in [0.29, 0.717) is 15.6 Å². The number of carbonyl (C=O) groups is 2. The van der Waals surface area contributed by atoms with E-state index < -0.39 is 0 Å². The number of nitrogens with zero attached hydrogens (tertiary/aromatic N) is 1. The average molecular weight is 366 g/mol. The Hall–Kier alpha value is -2.86. The predicted molar refractivity (Wildman–Crippen MR) is 104 cm³/mol. The van der Waals surface area contributed by atoms with Gasteiger partial charge < -0.3 is 10.1 Å². The Morgan fingerprint density at radius 2 is 1.92 bits per heavy atom. The van der Waals surface area contributed by atoms with Gasteiger partial charge in [0.25, 0.3) is 5.91 Å². The molecule has 2 aromatic carbocycles. The molecule has 0 bridgehead atoms. The highest BCUT2D eigenvalue weighted by Crippen LogP contribution is 2.29. The molecule has 1 heterocycles. The molecule has 0 spiro atoms. The summed E-state index contributed by atoms with van der Waals surface area (Å²) in [5.74, 6) is -0.569. The molecule has 1 aliphatic rings. The molecule has 5 nitrogen and oxygen atoms in total. The molecule has 0 atom stereocenters. The Morgan fingerprint density at radius 1 is 1.19 bits per heavy atom. The van der Waals surface area contributed by atoms with Crippen LogP contribution in [0.3, 0.4) is 0 Å². The topological polar surface area (TPSA) is 67.8 Å². The first-order valence-electron chi connectivity index (χ1n) is 8.16. The lowest BCUT2D eigenvalue weighted by Crippen LogP contribution is -2.19. The molecule has 1 aliphatic heterocycles. The van der Waals surface area contributed by atoms with Gasteiger partial charge in [0, 0.05) is 0 Å². The van der Waals surface area contributed by atoms with Crippen molar-refractivity contribution in [1.82, 2.24) is 5.32 Å². The highest BCUT2D eigenvalue weighted by atomic mass is 32.2. The lowest BCUT2D eigenvalue weighted by molar-refractivity contribution is -0.115. The summed E-state index contributed by atoms with van der Waals surface area (Å²) >= 11 is 1.30. The Labute approximate surface area is 156 Å². The zero-order valence-electron chi connectivity index (χ0n) is 14.5. The van der Waals surface area contributed by atoms with Gasteiger partial charge in [0.1, 0.15) is 0 Å². The minimum Gasteiger partial charge on any atom is -0.465 e. The quantitative estimate of drug-likeness (QED) is 0.658. The third-order valence-electron chi connectivity index (χ3n) is 3.87. The zero-order valence-corrected chi connectivity index (χ0v) is 15.3. The number of ether oxygens (including phenoxy) is 1. The van der Waals surface area contributed by atoms with E-state index in [1.807, 2.05) is 24.3 Å². The van der Waals surface area contributed by atoms with Gasteiger partial charge in [-0.05, 0) is 53.6 Å². The Balaban J connectivity index is 1.80. The largest absolute Gasteiger partial charge is 0.465 e. The van der Waals surface area contributed by atoms with Crippen LogP contribution >= 0.6 is 11.8 Å². The van der Waals surface area contributed by atoms with Gasteiger partial charge in [-0.25, -0.2) is 9.79 Å². The van der Waals surface area contributed by atoms with E-state index in [-0.39, 0.29) is 11.9 Å². The van der Waals surface area contributed by atoms with E-state index in [9.17, 15) is 9.59 Å². The molecule has 132 valence electrons. The minimum absolute atomic E-state index is 0.181. The van der Waals surface area contributed by atoms with Crippen LogP contribution in [-0.2, 0) is 16.0 Å². The molecule has 6 heteroatoms. The fraction of sp³-hybridized carbons (Fsp3) is 0.150. The van der Waals surface area contributed by atoms with Crippen molar-refractivity contribution in [2.45, 2.75) is 13.3 Å². The van der Waals surface area contributed by atoms with E-state index in [1.54, 1.807) is 30.3 Å². The number of methoxy groups -OCH3 is 1. The van der Waals surface area contributed by atoms with Gasteiger partial charge in [0.15, 0.2) is 5.17 Å². The molecule has 0 aliphatic carbocycles. The number of hydrogen-bond acceptors (Lipinski definition) is 5. The first-order valence-corrected chi connectivity index (χ1v) is 8.98. The van der Waals surface area contributed by atoms with Crippen molar-refractivity contribution in [1.29, 1.82) is 0 Å². The molecular weight excluding hydrogens is 348 g/mol. The summed E-state index contributed by atoms with van der Waals surface area (Å²) in [6, 6.07) is 14.8. The number of benzene rings is 2. The summed E-state index contributed by atoms with van der Waals surface area (Å²) in [5, 5.41) is 3.36. The van der Waals surface area contributed by atoms with Crippen LogP contribution in [0.15, 0.2) is 58.4 Å². The summed E-state index contributed by atoms with van der Waals surface area (Å²) in [5.41, 5.74) is 3.29. The van der Waals surface area contributed by atoms with E-state index in [1.165, 1.54) is 18.9 Å². The highest BCUT2D eigenvalue weighted by Gasteiger charge is 2.24. The van der Waals surface area contributed by atoms with Crippen LogP contribution < -0.4 is 5.32 Å². The minimum atomic E-state index is -0.388. The van der Waals surface area contributed by atoms with Gasteiger partial charge in [0.05, 0.1) is 23.3 Å². The van der Waals surface area contributed by atoms with Crippen LogP contribution in [0, 0.1) is 0 Å². The number of aliphatic imine (C=N–C) groups is 1. The predicted octanol–water partition coefficient (Wildman–Crippen LogP) is 3.93. The van der Waals surface area contributed by atoms with Crippen LogP contribution in [0.4, 0.5) is 5.69 Å². The number of esters is 1. The van der Waals surface area contributed by atoms with Crippen LogP contribution in [-0.4, -0.2) is 24.2 Å². The average Bonchev–Trinajstić information content (AvgIpc) is 3.01. The van der Waals surface area contributed by atoms with E-state index in [2.05, 4.69) is 22.0 Å². The van der Waals surface area contributed by atoms with Crippen LogP contribution in [0.1, 0.15) is 28.4 Å². The van der Waals surface area contributed by atoms with Crippen LogP contribution in [0.2, 0.25) is 0 Å². The van der Waals surface area contributed by atoms with Gasteiger partial charge in [-0.2, -0.15) is 0 Å². The maximum Gasteiger partial charge on any atom is 0.337 e. The number of amidine groups is 1. The fourth-order valence-electron chi connectivity index (χ4n) is 2.49. The molecule has 26 heavy (non-hydrogen) atoms. The maximum atomic E-state index is 12.2. The molecular formula is C20H18N2O3S. The number of thioether (sulfide) groups is 1. The standard InChI is InChI=1S/C20H18N2O3S/c1-3-14-6-4-5-7-16(14)21-20-22-18(23)17(26-20)12-13-8-10-15(11-9-13)19(24)25-2/h4-12H,3H2,1-2H3,(H,21,22,23)/b17-12-. The summed E-state index contributed by atoms with van der Waals surface area (Å²) in [6.07, 6.45) is 2.65. The van der Waals surface area contributed by atoms with Gasteiger partial charge in [0.2, 0.25) is 0 Å².